The molecule has 2 aliphatic heterocycles. The van der Waals surface area contributed by atoms with Crippen molar-refractivity contribution in [1.82, 2.24) is 30.0 Å². The molecule has 2 atom stereocenters. The molecule has 0 radical (unpaired) electrons. The van der Waals surface area contributed by atoms with E-state index >= 15 is 0 Å². The minimum atomic E-state index is 0.0318. The van der Waals surface area contributed by atoms with Gasteiger partial charge in [0.2, 0.25) is 0 Å². The van der Waals surface area contributed by atoms with Crippen molar-refractivity contribution in [2.45, 2.75) is 63.3 Å². The Bertz CT molecular complexity index is 807. The van der Waals surface area contributed by atoms with E-state index in [0.29, 0.717) is 6.54 Å². The number of piperazine rings is 1. The molecule has 162 valence electrons. The zero-order valence-corrected chi connectivity index (χ0v) is 18.3. The molecule has 8 heteroatoms. The average Bonchev–Trinajstić information content (AvgIpc) is 3.54. The van der Waals surface area contributed by atoms with Crippen LogP contribution in [0, 0.1) is 0 Å². The molecule has 1 aliphatic carbocycles. The Morgan fingerprint density at radius 2 is 1.77 bits per heavy atom. The minimum Gasteiger partial charge on any atom is -0.376 e. The van der Waals surface area contributed by atoms with Crippen LogP contribution in [-0.4, -0.2) is 74.9 Å². The zero-order valence-electron chi connectivity index (χ0n) is 17.5. The van der Waals surface area contributed by atoms with E-state index in [1.807, 2.05) is 16.8 Å². The Kier molecular flexibility index (Phi) is 6.32. The van der Waals surface area contributed by atoms with Crippen LogP contribution in [0.2, 0.25) is 5.02 Å². The van der Waals surface area contributed by atoms with Gasteiger partial charge >= 0.3 is 0 Å². The lowest BCUT2D eigenvalue weighted by molar-refractivity contribution is 0.0720. The van der Waals surface area contributed by atoms with Crippen molar-refractivity contribution < 1.29 is 4.74 Å². The fraction of sp³-hybridized carbons (Fsp3) is 0.682. The second-order valence-electron chi connectivity index (χ2n) is 8.82. The molecule has 0 unspecified atom stereocenters. The largest absolute Gasteiger partial charge is 0.376 e. The van der Waals surface area contributed by atoms with Crippen LogP contribution in [0.5, 0.6) is 0 Å². The number of ether oxygens (including phenoxy) is 1. The van der Waals surface area contributed by atoms with Crippen LogP contribution < -0.4 is 0 Å². The molecule has 0 spiro atoms. The number of aromatic nitrogens is 4. The number of rotatable bonds is 6. The van der Waals surface area contributed by atoms with Gasteiger partial charge in [0.1, 0.15) is 0 Å². The van der Waals surface area contributed by atoms with E-state index in [9.17, 15) is 0 Å². The highest BCUT2D eigenvalue weighted by molar-refractivity contribution is 6.30. The van der Waals surface area contributed by atoms with Crippen LogP contribution in [0.25, 0.3) is 0 Å². The summed E-state index contributed by atoms with van der Waals surface area (Å²) in [6.07, 6.45) is 7.89. The fourth-order valence-electron chi connectivity index (χ4n) is 5.32. The first-order valence-corrected chi connectivity index (χ1v) is 11.8. The van der Waals surface area contributed by atoms with E-state index in [1.165, 1.54) is 31.2 Å². The molecular weight excluding hydrogens is 400 g/mol. The SMILES string of the molecule is Clc1ccc([C@@H](c2nnnn2C[C@H]2CCCO2)N2CCN(C3CCCC3)CC2)cc1. The fourth-order valence-corrected chi connectivity index (χ4v) is 5.44. The Morgan fingerprint density at radius 1 is 1.00 bits per heavy atom. The molecule has 3 heterocycles. The number of nitrogens with zero attached hydrogens (tertiary/aromatic N) is 6. The van der Waals surface area contributed by atoms with Gasteiger partial charge in [-0.15, -0.1) is 5.10 Å². The number of hydrogen-bond donors (Lipinski definition) is 0. The Hall–Kier alpha value is -1.54. The smallest absolute Gasteiger partial charge is 0.173 e. The third-order valence-corrected chi connectivity index (χ3v) is 7.20. The molecule has 3 aliphatic rings. The molecule has 30 heavy (non-hydrogen) atoms. The molecule has 0 N–H and O–H groups in total. The van der Waals surface area contributed by atoms with Gasteiger partial charge < -0.3 is 4.74 Å². The quantitative estimate of drug-likeness (QED) is 0.701. The molecular formula is C22H31ClN6O. The summed E-state index contributed by atoms with van der Waals surface area (Å²) < 4.78 is 7.80. The topological polar surface area (TPSA) is 59.3 Å². The maximum atomic E-state index is 6.18. The van der Waals surface area contributed by atoms with Crippen molar-refractivity contribution in [3.63, 3.8) is 0 Å². The maximum absolute atomic E-state index is 6.18. The van der Waals surface area contributed by atoms with Gasteiger partial charge in [-0.3, -0.25) is 9.80 Å². The molecule has 0 bridgehead atoms. The molecule has 2 aromatic rings. The van der Waals surface area contributed by atoms with E-state index in [1.54, 1.807) is 0 Å². The lowest BCUT2D eigenvalue weighted by Crippen LogP contribution is -2.51. The van der Waals surface area contributed by atoms with E-state index in [-0.39, 0.29) is 12.1 Å². The molecule has 5 rings (SSSR count). The first-order valence-electron chi connectivity index (χ1n) is 11.4. The van der Waals surface area contributed by atoms with E-state index in [2.05, 4.69) is 37.5 Å². The number of hydrogen-bond acceptors (Lipinski definition) is 6. The third kappa shape index (κ3) is 4.40. The summed E-state index contributed by atoms with van der Waals surface area (Å²) >= 11 is 6.18. The minimum absolute atomic E-state index is 0.0318. The van der Waals surface area contributed by atoms with Gasteiger partial charge in [-0.25, -0.2) is 4.68 Å². The van der Waals surface area contributed by atoms with E-state index < -0.39 is 0 Å². The lowest BCUT2D eigenvalue weighted by atomic mass is 10.0. The van der Waals surface area contributed by atoms with Crippen molar-refractivity contribution in [1.29, 1.82) is 0 Å². The van der Waals surface area contributed by atoms with Crippen LogP contribution >= 0.6 is 11.6 Å². The van der Waals surface area contributed by atoms with Crippen LogP contribution in [0.4, 0.5) is 0 Å². The standard InChI is InChI=1S/C22H31ClN6O/c23-18-9-7-17(8-10-18)21(22-24-25-26-29(22)16-20-6-3-15-30-20)28-13-11-27(12-14-28)19-4-1-2-5-19/h7-10,19-21H,1-6,11-16H2/t20-,21+/m1/s1. The number of halogens is 1. The van der Waals surface area contributed by atoms with Crippen LogP contribution in [0.15, 0.2) is 24.3 Å². The summed E-state index contributed by atoms with van der Waals surface area (Å²) in [5.74, 6) is 0.905. The number of benzene rings is 1. The van der Waals surface area contributed by atoms with Gasteiger partial charge in [-0.05, 0) is 53.8 Å². The number of tetrazole rings is 1. The second-order valence-corrected chi connectivity index (χ2v) is 9.25. The van der Waals surface area contributed by atoms with Gasteiger partial charge in [-0.1, -0.05) is 36.6 Å². The predicted octanol–water partition coefficient (Wildman–Crippen LogP) is 3.16. The monoisotopic (exact) mass is 430 g/mol. The average molecular weight is 431 g/mol. The molecule has 1 saturated carbocycles. The van der Waals surface area contributed by atoms with Crippen LogP contribution in [0.1, 0.15) is 56.0 Å². The molecule has 3 fully saturated rings. The highest BCUT2D eigenvalue weighted by Gasteiger charge is 2.33. The van der Waals surface area contributed by atoms with Crippen molar-refractivity contribution in [2.75, 3.05) is 32.8 Å². The zero-order chi connectivity index (χ0) is 20.3. The Labute approximate surface area is 183 Å². The Balaban J connectivity index is 1.38. The maximum Gasteiger partial charge on any atom is 0.173 e. The third-order valence-electron chi connectivity index (χ3n) is 6.95. The van der Waals surface area contributed by atoms with Crippen molar-refractivity contribution in [3.05, 3.63) is 40.7 Å². The summed E-state index contributed by atoms with van der Waals surface area (Å²) in [6, 6.07) is 8.97. The van der Waals surface area contributed by atoms with Crippen molar-refractivity contribution in [2.24, 2.45) is 0 Å². The van der Waals surface area contributed by atoms with Gasteiger partial charge in [-0.2, -0.15) is 0 Å². The highest BCUT2D eigenvalue weighted by Crippen LogP contribution is 2.31. The predicted molar refractivity (Wildman–Crippen MR) is 115 cm³/mol. The lowest BCUT2D eigenvalue weighted by Gasteiger charge is -2.41. The summed E-state index contributed by atoms with van der Waals surface area (Å²) in [5.41, 5.74) is 1.19. The molecule has 2 saturated heterocycles. The van der Waals surface area contributed by atoms with Crippen molar-refractivity contribution >= 4 is 11.6 Å². The summed E-state index contributed by atoms with van der Waals surface area (Å²) in [6.45, 7) is 5.83. The highest BCUT2D eigenvalue weighted by atomic mass is 35.5. The second kappa shape index (κ2) is 9.30. The van der Waals surface area contributed by atoms with Gasteiger partial charge in [0.25, 0.3) is 0 Å². The van der Waals surface area contributed by atoms with Gasteiger partial charge in [0, 0.05) is 43.9 Å². The van der Waals surface area contributed by atoms with Crippen molar-refractivity contribution in [3.8, 4) is 0 Å². The molecule has 1 aromatic carbocycles. The van der Waals surface area contributed by atoms with E-state index in [0.717, 1.165) is 62.5 Å². The van der Waals surface area contributed by atoms with E-state index in [4.69, 9.17) is 16.3 Å². The van der Waals surface area contributed by atoms with Crippen LogP contribution in [0.3, 0.4) is 0 Å². The van der Waals surface area contributed by atoms with Crippen LogP contribution in [-0.2, 0) is 11.3 Å². The first kappa shape index (κ1) is 20.4. The normalized spacial score (nSPS) is 25.2. The molecule has 1 aromatic heterocycles. The summed E-state index contributed by atoms with van der Waals surface area (Å²) in [5, 5.41) is 13.6. The molecule has 0 amide bonds. The Morgan fingerprint density at radius 3 is 2.47 bits per heavy atom. The van der Waals surface area contributed by atoms with Gasteiger partial charge in [0.05, 0.1) is 18.7 Å². The van der Waals surface area contributed by atoms with Gasteiger partial charge in [0.15, 0.2) is 5.82 Å². The summed E-state index contributed by atoms with van der Waals surface area (Å²) in [7, 11) is 0. The first-order chi connectivity index (χ1) is 14.8. The summed E-state index contributed by atoms with van der Waals surface area (Å²) in [4.78, 5) is 5.23. The molecule has 7 nitrogen and oxygen atoms in total.